The molecule has 0 aliphatic rings. The van der Waals surface area contributed by atoms with Gasteiger partial charge in [0.1, 0.15) is 6.61 Å². The second kappa shape index (κ2) is 15.8. The standard InChI is InChI=1S/C41H66O2/c1-38(2,3)33-24-31(25-34(28-33)39(4,5)6)22-20-18-16-14-13-15-17-19-21-23-37(42)43-30-32-26-35(40(7,8)9)29-36(27-32)41(10,11)12/h24-29H,13-23,30H2,1-12H3. The zero-order valence-corrected chi connectivity index (χ0v) is 30.3. The van der Waals surface area contributed by atoms with Gasteiger partial charge in [0.05, 0.1) is 0 Å². The van der Waals surface area contributed by atoms with Crippen molar-refractivity contribution in [2.45, 2.75) is 182 Å². The van der Waals surface area contributed by atoms with Crippen molar-refractivity contribution < 1.29 is 9.53 Å². The summed E-state index contributed by atoms with van der Waals surface area (Å²) in [5.41, 5.74) is 8.62. The quantitative estimate of drug-likeness (QED) is 0.162. The molecule has 2 aromatic carbocycles. The highest BCUT2D eigenvalue weighted by atomic mass is 16.5. The van der Waals surface area contributed by atoms with Crippen LogP contribution in [0.25, 0.3) is 0 Å². The summed E-state index contributed by atoms with van der Waals surface area (Å²) in [6.45, 7) is 27.7. The van der Waals surface area contributed by atoms with Crippen LogP contribution in [0.15, 0.2) is 36.4 Å². The second-order valence-corrected chi connectivity index (χ2v) is 17.2. The summed E-state index contributed by atoms with van der Waals surface area (Å²) in [5.74, 6) is -0.0684. The molecule has 0 amide bonds. The number of hydrogen-bond acceptors (Lipinski definition) is 2. The first-order valence-electron chi connectivity index (χ1n) is 17.2. The van der Waals surface area contributed by atoms with Crippen molar-refractivity contribution >= 4 is 5.97 Å². The maximum absolute atomic E-state index is 12.4. The number of ether oxygens (including phenoxy) is 1. The zero-order valence-electron chi connectivity index (χ0n) is 30.3. The van der Waals surface area contributed by atoms with E-state index in [1.165, 1.54) is 79.2 Å². The third-order valence-electron chi connectivity index (χ3n) is 8.70. The van der Waals surface area contributed by atoms with Gasteiger partial charge in [-0.15, -0.1) is 0 Å². The Labute approximate surface area is 266 Å². The summed E-state index contributed by atoms with van der Waals surface area (Å²) in [6.07, 6.45) is 12.8. The average molecular weight is 591 g/mol. The van der Waals surface area contributed by atoms with Crippen molar-refractivity contribution in [1.82, 2.24) is 0 Å². The highest BCUT2D eigenvalue weighted by Crippen LogP contribution is 2.32. The summed E-state index contributed by atoms with van der Waals surface area (Å²) in [7, 11) is 0. The van der Waals surface area contributed by atoms with E-state index >= 15 is 0 Å². The van der Waals surface area contributed by atoms with Gasteiger partial charge in [0, 0.05) is 6.42 Å². The number of esters is 1. The van der Waals surface area contributed by atoms with Crippen LogP contribution < -0.4 is 0 Å². The van der Waals surface area contributed by atoms with Crippen LogP contribution in [0.3, 0.4) is 0 Å². The van der Waals surface area contributed by atoms with Crippen molar-refractivity contribution in [3.63, 3.8) is 0 Å². The van der Waals surface area contributed by atoms with E-state index in [-0.39, 0.29) is 27.6 Å². The average Bonchev–Trinajstić information content (AvgIpc) is 2.88. The van der Waals surface area contributed by atoms with E-state index in [0.717, 1.165) is 18.4 Å². The minimum absolute atomic E-state index is 0.0646. The van der Waals surface area contributed by atoms with E-state index < -0.39 is 0 Å². The predicted molar refractivity (Wildman–Crippen MR) is 187 cm³/mol. The Kier molecular flexibility index (Phi) is 13.6. The Morgan fingerprint density at radius 3 is 1.16 bits per heavy atom. The normalized spacial score (nSPS) is 12.9. The van der Waals surface area contributed by atoms with Crippen molar-refractivity contribution in [3.05, 3.63) is 69.8 Å². The third-order valence-corrected chi connectivity index (χ3v) is 8.70. The molecule has 0 bridgehead atoms. The monoisotopic (exact) mass is 591 g/mol. The molecule has 0 aromatic heterocycles. The largest absolute Gasteiger partial charge is 0.461 e. The second-order valence-electron chi connectivity index (χ2n) is 17.2. The van der Waals surface area contributed by atoms with Crippen LogP contribution in [0, 0.1) is 0 Å². The number of hydrogen-bond donors (Lipinski definition) is 0. The van der Waals surface area contributed by atoms with Gasteiger partial charge < -0.3 is 4.74 Å². The molecule has 242 valence electrons. The molecule has 2 nitrogen and oxygen atoms in total. The van der Waals surface area contributed by atoms with Crippen LogP contribution in [0.4, 0.5) is 0 Å². The highest BCUT2D eigenvalue weighted by molar-refractivity contribution is 5.69. The van der Waals surface area contributed by atoms with Crippen molar-refractivity contribution in [1.29, 1.82) is 0 Å². The van der Waals surface area contributed by atoms with Gasteiger partial charge in [-0.2, -0.15) is 0 Å². The first kappa shape index (κ1) is 37.1. The molecule has 2 aromatic rings. The minimum atomic E-state index is -0.0684. The van der Waals surface area contributed by atoms with Crippen molar-refractivity contribution in [3.8, 4) is 0 Å². The Morgan fingerprint density at radius 2 is 0.791 bits per heavy atom. The minimum Gasteiger partial charge on any atom is -0.461 e. The smallest absolute Gasteiger partial charge is 0.306 e. The van der Waals surface area contributed by atoms with Gasteiger partial charge in [-0.1, -0.05) is 164 Å². The summed E-state index contributed by atoms with van der Waals surface area (Å²) >= 11 is 0. The number of benzene rings is 2. The summed E-state index contributed by atoms with van der Waals surface area (Å²) < 4.78 is 5.68. The molecule has 0 saturated carbocycles. The lowest BCUT2D eigenvalue weighted by atomic mass is 9.79. The molecule has 0 saturated heterocycles. The molecular formula is C41H66O2. The Bertz CT molecular complexity index is 1080. The molecule has 0 aliphatic carbocycles. The van der Waals surface area contributed by atoms with E-state index in [1.54, 1.807) is 0 Å². The van der Waals surface area contributed by atoms with Gasteiger partial charge in [-0.25, -0.2) is 0 Å². The molecule has 0 atom stereocenters. The molecule has 0 unspecified atom stereocenters. The Morgan fingerprint density at radius 1 is 0.465 bits per heavy atom. The summed E-state index contributed by atoms with van der Waals surface area (Å²) in [6, 6.07) is 14.0. The van der Waals surface area contributed by atoms with Crippen molar-refractivity contribution in [2.75, 3.05) is 0 Å². The molecule has 0 N–H and O–H groups in total. The lowest BCUT2D eigenvalue weighted by Crippen LogP contribution is -2.17. The van der Waals surface area contributed by atoms with Crippen LogP contribution >= 0.6 is 0 Å². The molecule has 2 heteroatoms. The van der Waals surface area contributed by atoms with E-state index in [1.807, 2.05) is 0 Å². The summed E-state index contributed by atoms with van der Waals surface area (Å²) in [5, 5.41) is 0. The number of rotatable bonds is 14. The van der Waals surface area contributed by atoms with Crippen LogP contribution in [-0.4, -0.2) is 5.97 Å². The number of aryl methyl sites for hydroxylation is 1. The lowest BCUT2D eigenvalue weighted by molar-refractivity contribution is -0.145. The maximum Gasteiger partial charge on any atom is 0.306 e. The molecule has 0 heterocycles. The molecular weight excluding hydrogens is 524 g/mol. The first-order valence-corrected chi connectivity index (χ1v) is 17.2. The number of carbonyl (C=O) groups is 1. The van der Waals surface area contributed by atoms with Gasteiger partial charge in [0.25, 0.3) is 0 Å². The Balaban J connectivity index is 1.62. The lowest BCUT2D eigenvalue weighted by Gasteiger charge is -2.26. The molecule has 0 fully saturated rings. The molecule has 0 radical (unpaired) electrons. The van der Waals surface area contributed by atoms with Crippen molar-refractivity contribution in [2.24, 2.45) is 0 Å². The van der Waals surface area contributed by atoms with Gasteiger partial charge in [-0.3, -0.25) is 4.79 Å². The van der Waals surface area contributed by atoms with Gasteiger partial charge in [-0.05, 0) is 74.3 Å². The van der Waals surface area contributed by atoms with Gasteiger partial charge in [0.2, 0.25) is 0 Å². The molecule has 2 rings (SSSR count). The van der Waals surface area contributed by atoms with Gasteiger partial charge in [0.15, 0.2) is 0 Å². The molecule has 0 spiro atoms. The SMILES string of the molecule is CC(C)(C)c1cc(CCCCCCCCCCCC(=O)OCc2cc(C(C)(C)C)cc(C(C)(C)C)c2)cc(C(C)(C)C)c1. The van der Waals surface area contributed by atoms with E-state index in [0.29, 0.717) is 13.0 Å². The van der Waals surface area contributed by atoms with E-state index in [2.05, 4.69) is 119 Å². The van der Waals surface area contributed by atoms with Crippen LogP contribution in [0.1, 0.15) is 181 Å². The third kappa shape index (κ3) is 13.6. The first-order chi connectivity index (χ1) is 19.8. The summed E-state index contributed by atoms with van der Waals surface area (Å²) in [4.78, 5) is 12.4. The van der Waals surface area contributed by atoms with Crippen LogP contribution in [0.2, 0.25) is 0 Å². The maximum atomic E-state index is 12.4. The number of carbonyl (C=O) groups excluding carboxylic acids is 1. The van der Waals surface area contributed by atoms with Crippen LogP contribution in [0.5, 0.6) is 0 Å². The molecule has 0 aliphatic heterocycles. The van der Waals surface area contributed by atoms with Gasteiger partial charge >= 0.3 is 5.97 Å². The van der Waals surface area contributed by atoms with E-state index in [9.17, 15) is 4.79 Å². The predicted octanol–water partition coefficient (Wildman–Crippen LogP) is 12.1. The topological polar surface area (TPSA) is 26.3 Å². The fraction of sp³-hybridized carbons (Fsp3) is 0.683. The Hall–Kier alpha value is -2.09. The highest BCUT2D eigenvalue weighted by Gasteiger charge is 2.22. The number of unbranched alkanes of at least 4 members (excludes halogenated alkanes) is 8. The van der Waals surface area contributed by atoms with E-state index in [4.69, 9.17) is 4.74 Å². The van der Waals surface area contributed by atoms with Crippen LogP contribution in [-0.2, 0) is 44.2 Å². The fourth-order valence-corrected chi connectivity index (χ4v) is 5.42. The molecule has 43 heavy (non-hydrogen) atoms. The zero-order chi connectivity index (χ0) is 32.5. The fourth-order valence-electron chi connectivity index (χ4n) is 5.42.